The number of aromatic nitrogens is 1. The molecule has 1 heterocycles. The summed E-state index contributed by atoms with van der Waals surface area (Å²) in [7, 11) is 0. The van der Waals surface area contributed by atoms with Crippen LogP contribution in [0.15, 0.2) is 24.5 Å². The minimum absolute atomic E-state index is 0.677. The van der Waals surface area contributed by atoms with Gasteiger partial charge in [0, 0.05) is 18.9 Å². The fourth-order valence-corrected chi connectivity index (χ4v) is 1.12. The molecule has 0 saturated heterocycles. The number of nitrogens with zero attached hydrogens (tertiary/aromatic N) is 1. The maximum Gasteiger partial charge on any atom is 0.0718 e. The monoisotopic (exact) mass is 194 g/mol. The van der Waals surface area contributed by atoms with Gasteiger partial charge >= 0.3 is 0 Å². The summed E-state index contributed by atoms with van der Waals surface area (Å²) >= 11 is 0. The zero-order valence-electron chi connectivity index (χ0n) is 8.70. The van der Waals surface area contributed by atoms with Crippen molar-refractivity contribution in [3.05, 3.63) is 30.1 Å². The van der Waals surface area contributed by atoms with E-state index in [0.717, 1.165) is 19.7 Å². The molecule has 1 aromatic heterocycles. The maximum absolute atomic E-state index is 5.48. The van der Waals surface area contributed by atoms with E-state index < -0.39 is 0 Å². The molecule has 0 unspecified atom stereocenters. The van der Waals surface area contributed by atoms with E-state index in [0.29, 0.717) is 6.61 Å². The van der Waals surface area contributed by atoms with Crippen LogP contribution in [-0.4, -0.2) is 24.7 Å². The Hall–Kier alpha value is -0.930. The Morgan fingerprint density at radius 3 is 2.79 bits per heavy atom. The second-order valence-electron chi connectivity index (χ2n) is 3.16. The standard InChI is InChI=1S/C11H18N2O/c1-2-5-12-8-9-14-10-11-3-6-13-7-4-11/h3-4,6-7,12H,2,5,8-10H2,1H3. The van der Waals surface area contributed by atoms with Crippen molar-refractivity contribution in [1.29, 1.82) is 0 Å². The normalized spacial score (nSPS) is 10.4. The highest BCUT2D eigenvalue weighted by Gasteiger charge is 1.91. The smallest absolute Gasteiger partial charge is 0.0718 e. The van der Waals surface area contributed by atoms with Gasteiger partial charge in [-0.15, -0.1) is 0 Å². The average molecular weight is 194 g/mol. The average Bonchev–Trinajstić information content (AvgIpc) is 2.25. The first-order valence-electron chi connectivity index (χ1n) is 5.11. The zero-order valence-corrected chi connectivity index (χ0v) is 8.70. The quantitative estimate of drug-likeness (QED) is 0.669. The summed E-state index contributed by atoms with van der Waals surface area (Å²) in [5.41, 5.74) is 1.18. The number of nitrogens with one attached hydrogen (secondary N) is 1. The highest BCUT2D eigenvalue weighted by molar-refractivity contribution is 5.07. The molecule has 78 valence electrons. The number of ether oxygens (including phenoxy) is 1. The van der Waals surface area contributed by atoms with Gasteiger partial charge in [0.15, 0.2) is 0 Å². The molecule has 1 rings (SSSR count). The minimum Gasteiger partial charge on any atom is -0.375 e. The van der Waals surface area contributed by atoms with Crippen molar-refractivity contribution >= 4 is 0 Å². The molecule has 0 aliphatic carbocycles. The molecule has 1 aromatic rings. The van der Waals surface area contributed by atoms with Crippen LogP contribution in [0.2, 0.25) is 0 Å². The predicted octanol–water partition coefficient (Wildman–Crippen LogP) is 1.60. The van der Waals surface area contributed by atoms with E-state index in [-0.39, 0.29) is 0 Å². The van der Waals surface area contributed by atoms with Crippen molar-refractivity contribution in [2.45, 2.75) is 20.0 Å². The SMILES string of the molecule is CCCNCCOCc1ccncc1. The largest absolute Gasteiger partial charge is 0.375 e. The molecule has 0 fully saturated rings. The van der Waals surface area contributed by atoms with Crippen LogP contribution in [0.5, 0.6) is 0 Å². The summed E-state index contributed by atoms with van der Waals surface area (Å²) in [5.74, 6) is 0. The van der Waals surface area contributed by atoms with Crippen molar-refractivity contribution < 1.29 is 4.74 Å². The van der Waals surface area contributed by atoms with Gasteiger partial charge < -0.3 is 10.1 Å². The molecular formula is C11H18N2O. The van der Waals surface area contributed by atoms with Crippen LogP contribution in [0.25, 0.3) is 0 Å². The van der Waals surface area contributed by atoms with E-state index in [4.69, 9.17) is 4.74 Å². The lowest BCUT2D eigenvalue weighted by Gasteiger charge is -2.04. The Morgan fingerprint density at radius 1 is 1.29 bits per heavy atom. The number of rotatable bonds is 7. The molecule has 0 spiro atoms. The van der Waals surface area contributed by atoms with Gasteiger partial charge in [0.1, 0.15) is 0 Å². The van der Waals surface area contributed by atoms with Crippen LogP contribution in [-0.2, 0) is 11.3 Å². The second-order valence-corrected chi connectivity index (χ2v) is 3.16. The van der Waals surface area contributed by atoms with Crippen molar-refractivity contribution in [2.24, 2.45) is 0 Å². The highest BCUT2D eigenvalue weighted by Crippen LogP contribution is 1.97. The van der Waals surface area contributed by atoms with E-state index in [1.165, 1.54) is 12.0 Å². The van der Waals surface area contributed by atoms with Gasteiger partial charge in [-0.2, -0.15) is 0 Å². The third-order valence-corrected chi connectivity index (χ3v) is 1.87. The Kier molecular flexibility index (Phi) is 5.95. The minimum atomic E-state index is 0.677. The van der Waals surface area contributed by atoms with Gasteiger partial charge in [-0.25, -0.2) is 0 Å². The summed E-state index contributed by atoms with van der Waals surface area (Å²) < 4.78 is 5.48. The lowest BCUT2D eigenvalue weighted by Crippen LogP contribution is -2.20. The number of hydrogen-bond donors (Lipinski definition) is 1. The summed E-state index contributed by atoms with van der Waals surface area (Å²) in [5, 5.41) is 3.28. The predicted molar refractivity (Wildman–Crippen MR) is 57.1 cm³/mol. The molecule has 0 aliphatic heterocycles. The molecule has 0 atom stereocenters. The van der Waals surface area contributed by atoms with Crippen LogP contribution in [0.4, 0.5) is 0 Å². The Morgan fingerprint density at radius 2 is 2.07 bits per heavy atom. The van der Waals surface area contributed by atoms with Crippen LogP contribution in [0.1, 0.15) is 18.9 Å². The fraction of sp³-hybridized carbons (Fsp3) is 0.545. The molecular weight excluding hydrogens is 176 g/mol. The van der Waals surface area contributed by atoms with E-state index in [2.05, 4.69) is 17.2 Å². The third-order valence-electron chi connectivity index (χ3n) is 1.87. The molecule has 0 radical (unpaired) electrons. The summed E-state index contributed by atoms with van der Waals surface area (Å²) in [4.78, 5) is 3.95. The Bertz CT molecular complexity index is 226. The maximum atomic E-state index is 5.48. The van der Waals surface area contributed by atoms with Crippen LogP contribution in [0, 0.1) is 0 Å². The zero-order chi connectivity index (χ0) is 10.1. The lowest BCUT2D eigenvalue weighted by molar-refractivity contribution is 0.123. The lowest BCUT2D eigenvalue weighted by atomic mass is 10.3. The Balaban J connectivity index is 1.99. The molecule has 0 bridgehead atoms. The number of pyridine rings is 1. The van der Waals surface area contributed by atoms with Crippen molar-refractivity contribution in [2.75, 3.05) is 19.7 Å². The van der Waals surface area contributed by atoms with Gasteiger partial charge in [-0.1, -0.05) is 6.92 Å². The molecule has 1 N–H and O–H groups in total. The summed E-state index contributed by atoms with van der Waals surface area (Å²) in [6.07, 6.45) is 4.74. The van der Waals surface area contributed by atoms with E-state index in [1.54, 1.807) is 12.4 Å². The summed E-state index contributed by atoms with van der Waals surface area (Å²) in [6.45, 7) is 5.60. The van der Waals surface area contributed by atoms with Crippen LogP contribution in [0.3, 0.4) is 0 Å². The first-order chi connectivity index (χ1) is 6.93. The van der Waals surface area contributed by atoms with Crippen LogP contribution >= 0.6 is 0 Å². The molecule has 0 aromatic carbocycles. The summed E-state index contributed by atoms with van der Waals surface area (Å²) in [6, 6.07) is 3.94. The van der Waals surface area contributed by atoms with E-state index in [1.807, 2.05) is 12.1 Å². The van der Waals surface area contributed by atoms with Crippen molar-refractivity contribution in [3.63, 3.8) is 0 Å². The molecule has 14 heavy (non-hydrogen) atoms. The number of hydrogen-bond acceptors (Lipinski definition) is 3. The van der Waals surface area contributed by atoms with E-state index >= 15 is 0 Å². The first-order valence-corrected chi connectivity index (χ1v) is 5.11. The van der Waals surface area contributed by atoms with Crippen molar-refractivity contribution in [3.8, 4) is 0 Å². The second kappa shape index (κ2) is 7.47. The van der Waals surface area contributed by atoms with Gasteiger partial charge in [-0.05, 0) is 30.7 Å². The topological polar surface area (TPSA) is 34.1 Å². The van der Waals surface area contributed by atoms with Gasteiger partial charge in [-0.3, -0.25) is 4.98 Å². The van der Waals surface area contributed by atoms with Gasteiger partial charge in [0.2, 0.25) is 0 Å². The highest BCUT2D eigenvalue weighted by atomic mass is 16.5. The molecule has 3 nitrogen and oxygen atoms in total. The first kappa shape index (κ1) is 11.1. The Labute approximate surface area is 85.5 Å². The third kappa shape index (κ3) is 4.94. The molecule has 3 heteroatoms. The fourth-order valence-electron chi connectivity index (χ4n) is 1.12. The van der Waals surface area contributed by atoms with E-state index in [9.17, 15) is 0 Å². The molecule has 0 saturated carbocycles. The van der Waals surface area contributed by atoms with Gasteiger partial charge in [0.05, 0.1) is 13.2 Å². The van der Waals surface area contributed by atoms with Crippen molar-refractivity contribution in [1.82, 2.24) is 10.3 Å². The van der Waals surface area contributed by atoms with Gasteiger partial charge in [0.25, 0.3) is 0 Å². The van der Waals surface area contributed by atoms with Crippen LogP contribution < -0.4 is 5.32 Å². The molecule has 0 amide bonds. The molecule has 0 aliphatic rings.